The minimum Gasteiger partial charge on any atom is -0.465 e. The molecule has 23 heavy (non-hydrogen) atoms. The Morgan fingerprint density at radius 3 is 2.48 bits per heavy atom. The number of ether oxygens (including phenoxy) is 1. The average Bonchev–Trinajstić information content (AvgIpc) is 3.33. The summed E-state index contributed by atoms with van der Waals surface area (Å²) in [6.07, 6.45) is 2.55. The Labute approximate surface area is 129 Å². The van der Waals surface area contributed by atoms with Crippen LogP contribution in [0.5, 0.6) is 0 Å². The van der Waals surface area contributed by atoms with Crippen LogP contribution >= 0.6 is 0 Å². The summed E-state index contributed by atoms with van der Waals surface area (Å²) in [6, 6.07) is 0.180. The Kier molecular flexibility index (Phi) is 5.12. The highest BCUT2D eigenvalue weighted by Gasteiger charge is 2.33. The van der Waals surface area contributed by atoms with Crippen LogP contribution in [0.15, 0.2) is 11.1 Å². The van der Waals surface area contributed by atoms with Gasteiger partial charge in [0.15, 0.2) is 35.0 Å². The summed E-state index contributed by atoms with van der Waals surface area (Å²) in [5.74, 6) is -11.6. The van der Waals surface area contributed by atoms with Crippen molar-refractivity contribution in [1.29, 1.82) is 0 Å². The van der Waals surface area contributed by atoms with E-state index < -0.39 is 46.5 Å². The van der Waals surface area contributed by atoms with Crippen LogP contribution in [-0.2, 0) is 9.53 Å². The lowest BCUT2D eigenvalue weighted by molar-refractivity contribution is -0.143. The summed E-state index contributed by atoms with van der Waals surface area (Å²) < 4.78 is 57.9. The molecule has 0 saturated heterocycles. The predicted molar refractivity (Wildman–Crippen MR) is 72.2 cm³/mol. The maximum absolute atomic E-state index is 13.7. The lowest BCUT2D eigenvalue weighted by atomic mass is 9.97. The van der Waals surface area contributed by atoms with Crippen LogP contribution < -0.4 is 0 Å². The van der Waals surface area contributed by atoms with Gasteiger partial charge in [0.25, 0.3) is 0 Å². The molecule has 0 aliphatic heterocycles. The number of rotatable bonds is 6. The zero-order valence-corrected chi connectivity index (χ0v) is 12.1. The smallest absolute Gasteiger partial charge is 0.322 e. The third-order valence-corrected chi connectivity index (χ3v) is 3.18. The van der Waals surface area contributed by atoms with Crippen molar-refractivity contribution in [3.63, 3.8) is 0 Å². The van der Waals surface area contributed by atoms with E-state index in [1.807, 2.05) is 0 Å². The first kappa shape index (κ1) is 17.1. The van der Waals surface area contributed by atoms with Gasteiger partial charge in [-0.05, 0) is 25.8 Å². The second kappa shape index (κ2) is 6.89. The topological polar surface area (TPSA) is 55.7 Å². The molecule has 2 rings (SSSR count). The maximum atomic E-state index is 13.7. The number of aliphatic imine (C=N–C) groups is 1. The first-order chi connectivity index (χ1) is 10.9. The number of ketones is 1. The molecule has 124 valence electrons. The summed E-state index contributed by atoms with van der Waals surface area (Å²) >= 11 is 0. The Morgan fingerprint density at radius 2 is 1.91 bits per heavy atom. The highest BCUT2D eigenvalue weighted by Crippen LogP contribution is 2.25. The molecule has 1 saturated carbocycles. The van der Waals surface area contributed by atoms with E-state index in [9.17, 15) is 27.2 Å². The number of hydrogen-bond acceptors (Lipinski definition) is 4. The van der Waals surface area contributed by atoms with Gasteiger partial charge in [-0.3, -0.25) is 14.6 Å². The van der Waals surface area contributed by atoms with Crippen molar-refractivity contribution >= 4 is 18.0 Å². The van der Waals surface area contributed by atoms with Crippen LogP contribution in [0.2, 0.25) is 0 Å². The zero-order chi connectivity index (χ0) is 17.1. The van der Waals surface area contributed by atoms with E-state index >= 15 is 0 Å². The standard InChI is InChI=1S/C15H13F4NO3/c1-2-23-15(22)9(6-20-7-3-4-7)14(21)8-5-10(16)12(18)13(19)11(8)17/h5-7,9H,2-4H2,1H3/t9-/m0/s1. The van der Waals surface area contributed by atoms with E-state index in [0.717, 1.165) is 19.1 Å². The molecular formula is C15H13F4NO3. The molecule has 1 aromatic carbocycles. The van der Waals surface area contributed by atoms with Gasteiger partial charge in [0.05, 0.1) is 12.2 Å². The second-order valence-electron chi connectivity index (χ2n) is 4.97. The van der Waals surface area contributed by atoms with Gasteiger partial charge in [-0.15, -0.1) is 0 Å². The van der Waals surface area contributed by atoms with Crippen molar-refractivity contribution < 1.29 is 31.9 Å². The van der Waals surface area contributed by atoms with E-state index in [4.69, 9.17) is 0 Å². The van der Waals surface area contributed by atoms with Crippen LogP contribution in [0.1, 0.15) is 30.1 Å². The average molecular weight is 331 g/mol. The molecule has 0 radical (unpaired) electrons. The molecule has 0 unspecified atom stereocenters. The molecule has 1 aliphatic rings. The van der Waals surface area contributed by atoms with Gasteiger partial charge in [-0.2, -0.15) is 0 Å². The van der Waals surface area contributed by atoms with Gasteiger partial charge in [-0.1, -0.05) is 0 Å². The Morgan fingerprint density at radius 1 is 1.26 bits per heavy atom. The van der Waals surface area contributed by atoms with Crippen LogP contribution in [0.4, 0.5) is 17.6 Å². The number of nitrogens with zero attached hydrogens (tertiary/aromatic N) is 1. The van der Waals surface area contributed by atoms with Crippen molar-refractivity contribution in [3.05, 3.63) is 34.9 Å². The molecule has 8 heteroatoms. The van der Waals surface area contributed by atoms with Gasteiger partial charge < -0.3 is 4.74 Å². The fourth-order valence-electron chi connectivity index (χ4n) is 1.82. The quantitative estimate of drug-likeness (QED) is 0.153. The van der Waals surface area contributed by atoms with E-state index in [2.05, 4.69) is 9.73 Å². The first-order valence-electron chi connectivity index (χ1n) is 6.94. The van der Waals surface area contributed by atoms with Crippen molar-refractivity contribution in [1.82, 2.24) is 0 Å². The normalized spacial score (nSPS) is 15.7. The minimum absolute atomic E-state index is 0.0359. The largest absolute Gasteiger partial charge is 0.465 e. The maximum Gasteiger partial charge on any atom is 0.322 e. The number of halogens is 4. The number of esters is 1. The van der Waals surface area contributed by atoms with Crippen LogP contribution in [0, 0.1) is 29.2 Å². The first-order valence-corrected chi connectivity index (χ1v) is 6.94. The van der Waals surface area contributed by atoms with Crippen LogP contribution in [0.25, 0.3) is 0 Å². The number of carbonyl (C=O) groups excluding carboxylic acids is 2. The van der Waals surface area contributed by atoms with Gasteiger partial charge in [0.2, 0.25) is 0 Å². The summed E-state index contributed by atoms with van der Waals surface area (Å²) in [5, 5.41) is 0. The van der Waals surface area contributed by atoms with Gasteiger partial charge in [0.1, 0.15) is 0 Å². The van der Waals surface area contributed by atoms with E-state index in [0.29, 0.717) is 0 Å². The number of hydrogen-bond donors (Lipinski definition) is 0. The predicted octanol–water partition coefficient (Wildman–Crippen LogP) is 2.84. The molecule has 1 atom stereocenters. The summed E-state index contributed by atoms with van der Waals surface area (Å²) in [6.45, 7) is 1.45. The van der Waals surface area contributed by atoms with E-state index in [1.165, 1.54) is 6.92 Å². The number of Topliss-reactive ketones (excluding diaryl/α,β-unsaturated/α-hetero) is 1. The molecule has 4 nitrogen and oxygen atoms in total. The molecule has 0 amide bonds. The summed E-state index contributed by atoms with van der Waals surface area (Å²) in [7, 11) is 0. The Balaban J connectivity index is 2.38. The molecule has 1 aromatic rings. The molecule has 0 spiro atoms. The fourth-order valence-corrected chi connectivity index (χ4v) is 1.82. The lowest BCUT2D eigenvalue weighted by Gasteiger charge is -2.11. The highest BCUT2D eigenvalue weighted by atomic mass is 19.2. The van der Waals surface area contributed by atoms with Crippen LogP contribution in [-0.4, -0.2) is 30.6 Å². The highest BCUT2D eigenvalue weighted by molar-refractivity contribution is 6.18. The fraction of sp³-hybridized carbons (Fsp3) is 0.400. The van der Waals surface area contributed by atoms with Crippen molar-refractivity contribution in [2.75, 3.05) is 6.61 Å². The van der Waals surface area contributed by atoms with Gasteiger partial charge in [0, 0.05) is 12.3 Å². The molecule has 0 aromatic heterocycles. The molecule has 0 bridgehead atoms. The van der Waals surface area contributed by atoms with Crippen LogP contribution in [0.3, 0.4) is 0 Å². The molecular weight excluding hydrogens is 318 g/mol. The number of benzene rings is 1. The number of carbonyl (C=O) groups is 2. The minimum atomic E-state index is -2.12. The lowest BCUT2D eigenvalue weighted by Crippen LogP contribution is -2.29. The molecule has 0 N–H and O–H groups in total. The van der Waals surface area contributed by atoms with Gasteiger partial charge in [-0.25, -0.2) is 17.6 Å². The SMILES string of the molecule is CCOC(=O)[C@@H](C=NC1CC1)C(=O)c1cc(F)c(F)c(F)c1F. The van der Waals surface area contributed by atoms with Crippen molar-refractivity contribution in [2.45, 2.75) is 25.8 Å². The van der Waals surface area contributed by atoms with Gasteiger partial charge >= 0.3 is 5.97 Å². The Bertz CT molecular complexity index is 671. The van der Waals surface area contributed by atoms with Crippen molar-refractivity contribution in [3.8, 4) is 0 Å². The second-order valence-corrected chi connectivity index (χ2v) is 4.97. The third kappa shape index (κ3) is 3.75. The molecule has 1 fully saturated rings. The molecule has 0 heterocycles. The van der Waals surface area contributed by atoms with E-state index in [1.54, 1.807) is 0 Å². The van der Waals surface area contributed by atoms with E-state index in [-0.39, 0.29) is 18.7 Å². The summed E-state index contributed by atoms with van der Waals surface area (Å²) in [4.78, 5) is 28.0. The van der Waals surface area contributed by atoms with Crippen molar-refractivity contribution in [2.24, 2.45) is 10.9 Å². The zero-order valence-electron chi connectivity index (χ0n) is 12.1. The monoisotopic (exact) mass is 331 g/mol. The molecule has 1 aliphatic carbocycles. The third-order valence-electron chi connectivity index (χ3n) is 3.18. The summed E-state index contributed by atoms with van der Waals surface area (Å²) in [5.41, 5.74) is -1.07. The Hall–Kier alpha value is -2.25.